The van der Waals surface area contributed by atoms with Crippen LogP contribution in [0.25, 0.3) is 0 Å². The van der Waals surface area contributed by atoms with Crippen LogP contribution >= 0.6 is 0 Å². The van der Waals surface area contributed by atoms with Crippen molar-refractivity contribution in [2.24, 2.45) is 0 Å². The summed E-state index contributed by atoms with van der Waals surface area (Å²) in [7, 11) is 0. The van der Waals surface area contributed by atoms with Crippen LogP contribution in [0.5, 0.6) is 0 Å². The first-order valence-corrected chi connectivity index (χ1v) is 4.69. The minimum atomic E-state index is -4.49. The number of ether oxygens (including phenoxy) is 1. The summed E-state index contributed by atoms with van der Waals surface area (Å²) in [5.41, 5.74) is -1.02. The molecule has 0 aliphatic carbocycles. The fourth-order valence-electron chi connectivity index (χ4n) is 0.995. The third kappa shape index (κ3) is 3.56. The molecule has 0 aromatic carbocycles. The van der Waals surface area contributed by atoms with Gasteiger partial charge in [-0.2, -0.15) is 18.3 Å². The molecule has 0 saturated carbocycles. The lowest BCUT2D eigenvalue weighted by atomic mass is 10.4. The van der Waals surface area contributed by atoms with E-state index in [-0.39, 0.29) is 13.2 Å². The molecule has 4 nitrogen and oxygen atoms in total. The fourth-order valence-corrected chi connectivity index (χ4v) is 0.995. The summed E-state index contributed by atoms with van der Waals surface area (Å²) in [6.45, 7) is 1.77. The number of nitrogens with zero attached hydrogens (tertiary/aromatic N) is 2. The van der Waals surface area contributed by atoms with E-state index in [1.54, 1.807) is 0 Å². The molecular formula is C9H11F3N2O2. The fraction of sp³-hybridized carbons (Fsp3) is 0.556. The maximum Gasteiger partial charge on any atom is 0.435 e. The van der Waals surface area contributed by atoms with Gasteiger partial charge in [-0.25, -0.2) is 0 Å². The predicted molar refractivity (Wildman–Crippen MR) is 48.5 cm³/mol. The quantitative estimate of drug-likeness (QED) is 0.749. The molecule has 7 heteroatoms. The third-order valence-electron chi connectivity index (χ3n) is 1.69. The van der Waals surface area contributed by atoms with E-state index in [1.165, 1.54) is 0 Å². The second-order valence-corrected chi connectivity index (χ2v) is 3.12. The van der Waals surface area contributed by atoms with Crippen molar-refractivity contribution < 1.29 is 22.7 Å². The minimum absolute atomic E-state index is 0.256. The smallest absolute Gasteiger partial charge is 0.435 e. The Hall–Kier alpha value is -1.53. The Balaban J connectivity index is 2.56. The summed E-state index contributed by atoms with van der Waals surface area (Å²) in [5.74, 6) is -0.598. The van der Waals surface area contributed by atoms with Crippen LogP contribution in [0, 0.1) is 0 Å². The summed E-state index contributed by atoms with van der Waals surface area (Å²) >= 11 is 0. The van der Waals surface area contributed by atoms with Gasteiger partial charge >= 0.3 is 12.1 Å². The Morgan fingerprint density at radius 3 is 2.75 bits per heavy atom. The SMILES string of the molecule is CCCOC(=O)Cn1ccc(C(F)(F)F)n1. The van der Waals surface area contributed by atoms with Crippen molar-refractivity contribution in [3.8, 4) is 0 Å². The van der Waals surface area contributed by atoms with Gasteiger partial charge in [0.2, 0.25) is 0 Å². The van der Waals surface area contributed by atoms with Crippen molar-refractivity contribution in [1.82, 2.24) is 9.78 Å². The Morgan fingerprint density at radius 2 is 2.25 bits per heavy atom. The van der Waals surface area contributed by atoms with Gasteiger partial charge in [-0.15, -0.1) is 0 Å². The molecule has 0 atom stereocenters. The summed E-state index contributed by atoms with van der Waals surface area (Å²) in [6, 6.07) is 0.813. The lowest BCUT2D eigenvalue weighted by Gasteiger charge is -2.03. The first-order valence-electron chi connectivity index (χ1n) is 4.69. The van der Waals surface area contributed by atoms with E-state index in [0.29, 0.717) is 6.42 Å². The maximum atomic E-state index is 12.1. The van der Waals surface area contributed by atoms with E-state index in [4.69, 9.17) is 4.74 Å². The van der Waals surface area contributed by atoms with Crippen LogP contribution in [0.4, 0.5) is 13.2 Å². The van der Waals surface area contributed by atoms with Crippen molar-refractivity contribution in [2.75, 3.05) is 6.61 Å². The molecule has 1 rings (SSSR count). The summed E-state index contributed by atoms with van der Waals surface area (Å²) in [5, 5.41) is 3.22. The normalized spacial score (nSPS) is 11.5. The second-order valence-electron chi connectivity index (χ2n) is 3.12. The van der Waals surface area contributed by atoms with E-state index >= 15 is 0 Å². The largest absolute Gasteiger partial charge is 0.464 e. The van der Waals surface area contributed by atoms with Crippen LogP contribution in [0.1, 0.15) is 19.0 Å². The van der Waals surface area contributed by atoms with Crippen molar-refractivity contribution in [3.63, 3.8) is 0 Å². The third-order valence-corrected chi connectivity index (χ3v) is 1.69. The Bertz CT molecular complexity index is 360. The van der Waals surface area contributed by atoms with Crippen molar-refractivity contribution in [2.45, 2.75) is 26.1 Å². The molecule has 1 heterocycles. The van der Waals surface area contributed by atoms with E-state index < -0.39 is 17.8 Å². The van der Waals surface area contributed by atoms with Gasteiger partial charge in [0.1, 0.15) is 6.54 Å². The molecule has 0 aliphatic rings. The van der Waals surface area contributed by atoms with Crippen LogP contribution < -0.4 is 0 Å². The molecular weight excluding hydrogens is 225 g/mol. The maximum absolute atomic E-state index is 12.1. The van der Waals surface area contributed by atoms with Gasteiger partial charge in [0, 0.05) is 6.20 Å². The van der Waals surface area contributed by atoms with Crippen LogP contribution in [-0.4, -0.2) is 22.4 Å². The zero-order valence-corrected chi connectivity index (χ0v) is 8.62. The standard InChI is InChI=1S/C9H11F3N2O2/c1-2-5-16-8(15)6-14-4-3-7(13-14)9(10,11)12/h3-4H,2,5-6H2,1H3. The first kappa shape index (κ1) is 12.5. The molecule has 1 aromatic heterocycles. The number of hydrogen-bond donors (Lipinski definition) is 0. The molecule has 1 aromatic rings. The summed E-state index contributed by atoms with van der Waals surface area (Å²) in [4.78, 5) is 11.1. The highest BCUT2D eigenvalue weighted by Gasteiger charge is 2.33. The van der Waals surface area contributed by atoms with Gasteiger partial charge in [0.15, 0.2) is 5.69 Å². The topological polar surface area (TPSA) is 44.1 Å². The predicted octanol–water partition coefficient (Wildman–Crippen LogP) is 1.86. The first-order chi connectivity index (χ1) is 7.43. The summed E-state index contributed by atoms with van der Waals surface area (Å²) < 4.78 is 42.1. The molecule has 0 amide bonds. The average molecular weight is 236 g/mol. The minimum Gasteiger partial charge on any atom is -0.464 e. The van der Waals surface area contributed by atoms with Crippen LogP contribution in [0.3, 0.4) is 0 Å². The van der Waals surface area contributed by atoms with Crippen LogP contribution in [0.2, 0.25) is 0 Å². The van der Waals surface area contributed by atoms with E-state index in [2.05, 4.69) is 5.10 Å². The van der Waals surface area contributed by atoms with E-state index in [1.807, 2.05) is 6.92 Å². The van der Waals surface area contributed by atoms with E-state index in [0.717, 1.165) is 16.9 Å². The average Bonchev–Trinajstić information content (AvgIpc) is 2.62. The van der Waals surface area contributed by atoms with Crippen LogP contribution in [-0.2, 0) is 22.3 Å². The van der Waals surface area contributed by atoms with Crippen molar-refractivity contribution in [1.29, 1.82) is 0 Å². The van der Waals surface area contributed by atoms with Crippen molar-refractivity contribution >= 4 is 5.97 Å². The van der Waals surface area contributed by atoms with Gasteiger partial charge in [0.05, 0.1) is 6.61 Å². The van der Waals surface area contributed by atoms with Gasteiger partial charge < -0.3 is 4.74 Å². The molecule has 0 unspecified atom stereocenters. The molecule has 0 aliphatic heterocycles. The zero-order valence-electron chi connectivity index (χ0n) is 8.62. The Kier molecular flexibility index (Phi) is 3.92. The monoisotopic (exact) mass is 236 g/mol. The Morgan fingerprint density at radius 1 is 1.56 bits per heavy atom. The van der Waals surface area contributed by atoms with Gasteiger partial charge in [0.25, 0.3) is 0 Å². The van der Waals surface area contributed by atoms with Gasteiger partial charge in [-0.3, -0.25) is 9.48 Å². The number of hydrogen-bond acceptors (Lipinski definition) is 3. The number of halogens is 3. The number of alkyl halides is 3. The number of rotatable bonds is 4. The molecule has 0 saturated heterocycles. The molecule has 0 bridgehead atoms. The van der Waals surface area contributed by atoms with Gasteiger partial charge in [-0.05, 0) is 12.5 Å². The Labute approximate surface area is 90.0 Å². The highest BCUT2D eigenvalue weighted by molar-refractivity contribution is 5.68. The molecule has 0 N–H and O–H groups in total. The number of esters is 1. The van der Waals surface area contributed by atoms with Crippen molar-refractivity contribution in [3.05, 3.63) is 18.0 Å². The zero-order chi connectivity index (χ0) is 12.2. The molecule has 0 fully saturated rings. The molecule has 0 spiro atoms. The highest BCUT2D eigenvalue weighted by atomic mass is 19.4. The second kappa shape index (κ2) is 5.00. The van der Waals surface area contributed by atoms with Crippen LogP contribution in [0.15, 0.2) is 12.3 Å². The lowest BCUT2D eigenvalue weighted by molar-refractivity contribution is -0.146. The molecule has 90 valence electrons. The molecule has 0 radical (unpaired) electrons. The lowest BCUT2D eigenvalue weighted by Crippen LogP contribution is -2.15. The van der Waals surface area contributed by atoms with Gasteiger partial charge in [-0.1, -0.05) is 6.92 Å². The summed E-state index contributed by atoms with van der Waals surface area (Å²) in [6.07, 6.45) is -2.73. The number of carbonyl (C=O) groups excluding carboxylic acids is 1. The number of aromatic nitrogens is 2. The van der Waals surface area contributed by atoms with E-state index in [9.17, 15) is 18.0 Å². The number of carbonyl (C=O) groups is 1. The molecule has 16 heavy (non-hydrogen) atoms. The highest BCUT2D eigenvalue weighted by Crippen LogP contribution is 2.27.